The standard InChI is InChI=1S/C32H33FN5O6P/c1-40-24-13-9-22(10-14-24)32(21-7-5-4-6-8-21,23-11-15-25(41-2)16-12-23)42-18-27-26(44-45(3,33)39)17-28(43-27)38-20-37-29-30(34)35-19-36-31(29)38/h4-16,19-20,26-28H,17-18H2,1-3H3,(H2,34,35,36)/t26-,27+,28+,45?/m0/s1. The van der Waals surface area contributed by atoms with Gasteiger partial charge in [0.05, 0.1) is 27.2 Å². The van der Waals surface area contributed by atoms with Crippen LogP contribution in [0.5, 0.6) is 11.5 Å². The van der Waals surface area contributed by atoms with Crippen molar-refractivity contribution in [2.75, 3.05) is 33.2 Å². The number of imidazole rings is 1. The molecular weight excluding hydrogens is 600 g/mol. The van der Waals surface area contributed by atoms with Crippen LogP contribution in [0.2, 0.25) is 0 Å². The number of fused-ring (bicyclic) bond motifs is 1. The Morgan fingerprint density at radius 2 is 1.53 bits per heavy atom. The molecule has 1 aliphatic rings. The molecule has 1 fully saturated rings. The zero-order valence-corrected chi connectivity index (χ0v) is 25.8. The van der Waals surface area contributed by atoms with Gasteiger partial charge in [0, 0.05) is 13.1 Å². The van der Waals surface area contributed by atoms with Crippen molar-refractivity contribution in [2.24, 2.45) is 0 Å². The number of nitrogens with zero attached hydrogens (tertiary/aromatic N) is 4. The quantitative estimate of drug-likeness (QED) is 0.138. The van der Waals surface area contributed by atoms with Crippen LogP contribution in [-0.4, -0.2) is 59.2 Å². The third kappa shape index (κ3) is 6.14. The molecule has 3 aromatic carbocycles. The summed E-state index contributed by atoms with van der Waals surface area (Å²) in [5.41, 5.74) is 8.16. The summed E-state index contributed by atoms with van der Waals surface area (Å²) >= 11 is 0. The fourth-order valence-corrected chi connectivity index (χ4v) is 6.44. The zero-order valence-electron chi connectivity index (χ0n) is 24.9. The molecule has 6 rings (SSSR count). The van der Waals surface area contributed by atoms with Crippen molar-refractivity contribution in [2.45, 2.75) is 30.5 Å². The zero-order chi connectivity index (χ0) is 31.6. The molecule has 13 heteroatoms. The molecule has 4 atom stereocenters. The van der Waals surface area contributed by atoms with E-state index in [9.17, 15) is 8.76 Å². The summed E-state index contributed by atoms with van der Waals surface area (Å²) in [6, 6.07) is 24.9. The van der Waals surface area contributed by atoms with Crippen LogP contribution in [0.4, 0.5) is 10.0 Å². The number of aromatic nitrogens is 4. The molecule has 11 nitrogen and oxygen atoms in total. The molecule has 3 heterocycles. The van der Waals surface area contributed by atoms with E-state index in [4.69, 9.17) is 29.2 Å². The lowest BCUT2D eigenvalue weighted by Gasteiger charge is -2.37. The average Bonchev–Trinajstić information content (AvgIpc) is 3.66. The molecule has 1 saturated heterocycles. The Hall–Kier alpha value is -4.35. The normalized spacial score (nSPS) is 19.8. The highest BCUT2D eigenvalue weighted by molar-refractivity contribution is 7.52. The SMILES string of the molecule is COc1ccc(C(OC[C@H]2O[C@@H](n3cnc4c(N)ncnc43)C[C@@H]2OP(C)(=O)F)(c2ccccc2)c2ccc(OC)cc2)cc1. The predicted molar refractivity (Wildman–Crippen MR) is 166 cm³/mol. The van der Waals surface area contributed by atoms with E-state index in [1.165, 1.54) is 12.7 Å². The maximum Gasteiger partial charge on any atom is 0.364 e. The summed E-state index contributed by atoms with van der Waals surface area (Å²) in [5.74, 6) is 1.59. The summed E-state index contributed by atoms with van der Waals surface area (Å²) in [6.45, 7) is 0.875. The number of benzene rings is 3. The van der Waals surface area contributed by atoms with E-state index in [1.54, 1.807) is 18.8 Å². The molecule has 0 aliphatic carbocycles. The molecule has 0 saturated carbocycles. The number of hydrogen-bond donors (Lipinski definition) is 1. The van der Waals surface area contributed by atoms with Crippen LogP contribution in [-0.2, 0) is 24.2 Å². The van der Waals surface area contributed by atoms with Crippen molar-refractivity contribution >= 4 is 24.7 Å². The summed E-state index contributed by atoms with van der Waals surface area (Å²) in [7, 11) is -1.19. The lowest BCUT2D eigenvalue weighted by molar-refractivity contribution is -0.0904. The van der Waals surface area contributed by atoms with Crippen LogP contribution < -0.4 is 15.2 Å². The second-order valence-electron chi connectivity index (χ2n) is 10.7. The smallest absolute Gasteiger partial charge is 0.364 e. The van der Waals surface area contributed by atoms with Gasteiger partial charge in [0.15, 0.2) is 11.5 Å². The second kappa shape index (κ2) is 12.6. The number of rotatable bonds is 11. The number of halogens is 1. The minimum atomic E-state index is -4.40. The second-order valence-corrected chi connectivity index (χ2v) is 12.4. The van der Waals surface area contributed by atoms with E-state index in [-0.39, 0.29) is 18.8 Å². The molecule has 234 valence electrons. The lowest BCUT2D eigenvalue weighted by atomic mass is 9.80. The van der Waals surface area contributed by atoms with Crippen molar-refractivity contribution in [3.05, 3.63) is 108 Å². The van der Waals surface area contributed by atoms with Gasteiger partial charge in [-0.1, -0.05) is 54.6 Å². The van der Waals surface area contributed by atoms with Gasteiger partial charge in [-0.25, -0.2) is 15.0 Å². The largest absolute Gasteiger partial charge is 0.497 e. The van der Waals surface area contributed by atoms with E-state index >= 15 is 0 Å². The van der Waals surface area contributed by atoms with Gasteiger partial charge < -0.3 is 24.7 Å². The summed E-state index contributed by atoms with van der Waals surface area (Å²) in [6.07, 6.45) is 0.614. The topological polar surface area (TPSA) is 133 Å². The highest BCUT2D eigenvalue weighted by Gasteiger charge is 2.44. The van der Waals surface area contributed by atoms with Gasteiger partial charge in [-0.15, -0.1) is 0 Å². The van der Waals surface area contributed by atoms with Gasteiger partial charge in [0.1, 0.15) is 47.4 Å². The Morgan fingerprint density at radius 1 is 0.933 bits per heavy atom. The number of nitrogen functional groups attached to an aromatic ring is 1. The number of nitrogens with two attached hydrogens (primary N) is 1. The Balaban J connectivity index is 1.41. The fourth-order valence-electron chi connectivity index (χ4n) is 5.74. The summed E-state index contributed by atoms with van der Waals surface area (Å²) < 4.78 is 58.3. The molecule has 45 heavy (non-hydrogen) atoms. The van der Waals surface area contributed by atoms with Crippen molar-refractivity contribution < 1.29 is 32.2 Å². The van der Waals surface area contributed by atoms with Gasteiger partial charge in [0.2, 0.25) is 0 Å². The van der Waals surface area contributed by atoms with Gasteiger partial charge in [-0.2, -0.15) is 4.20 Å². The minimum Gasteiger partial charge on any atom is -0.497 e. The molecule has 5 aromatic rings. The fraction of sp³-hybridized carbons (Fsp3) is 0.281. The Bertz CT molecular complexity index is 1750. The highest BCUT2D eigenvalue weighted by atomic mass is 31.2. The third-order valence-electron chi connectivity index (χ3n) is 7.84. The molecular formula is C32H33FN5O6P. The summed E-state index contributed by atoms with van der Waals surface area (Å²) in [4.78, 5) is 12.6. The number of ether oxygens (including phenoxy) is 4. The molecule has 2 N–H and O–H groups in total. The van der Waals surface area contributed by atoms with Crippen molar-refractivity contribution in [3.63, 3.8) is 0 Å². The average molecular weight is 634 g/mol. The molecule has 0 radical (unpaired) electrons. The number of hydrogen-bond acceptors (Lipinski definition) is 10. The first-order valence-corrected chi connectivity index (χ1v) is 16.2. The van der Waals surface area contributed by atoms with Crippen molar-refractivity contribution in [1.82, 2.24) is 19.5 Å². The molecule has 1 unspecified atom stereocenters. The van der Waals surface area contributed by atoms with Crippen LogP contribution >= 0.6 is 7.68 Å². The van der Waals surface area contributed by atoms with Crippen LogP contribution in [0.15, 0.2) is 91.5 Å². The molecule has 0 amide bonds. The monoisotopic (exact) mass is 633 g/mol. The highest BCUT2D eigenvalue weighted by Crippen LogP contribution is 2.50. The molecule has 2 aromatic heterocycles. The maximum absolute atomic E-state index is 14.6. The number of anilines is 1. The first kappa shape index (κ1) is 30.7. The Morgan fingerprint density at radius 3 is 2.11 bits per heavy atom. The van der Waals surface area contributed by atoms with E-state index in [0.717, 1.165) is 23.4 Å². The van der Waals surface area contributed by atoms with Crippen LogP contribution in [0.3, 0.4) is 0 Å². The van der Waals surface area contributed by atoms with Crippen molar-refractivity contribution in [3.8, 4) is 11.5 Å². The Labute approximate surface area is 259 Å². The third-order valence-corrected chi connectivity index (χ3v) is 8.49. The van der Waals surface area contributed by atoms with E-state index < -0.39 is 31.7 Å². The van der Waals surface area contributed by atoms with E-state index in [0.29, 0.717) is 22.7 Å². The Kier molecular flexibility index (Phi) is 8.56. The molecule has 0 bridgehead atoms. The van der Waals surface area contributed by atoms with E-state index in [1.807, 2.05) is 78.9 Å². The first-order valence-electron chi connectivity index (χ1n) is 14.2. The maximum atomic E-state index is 14.6. The van der Waals surface area contributed by atoms with Crippen LogP contribution in [0.1, 0.15) is 29.3 Å². The van der Waals surface area contributed by atoms with Gasteiger partial charge in [-0.3, -0.25) is 13.7 Å². The summed E-state index contributed by atoms with van der Waals surface area (Å²) in [5, 5.41) is 0. The predicted octanol–water partition coefficient (Wildman–Crippen LogP) is 5.90. The van der Waals surface area contributed by atoms with Crippen LogP contribution in [0, 0.1) is 0 Å². The molecule has 1 aliphatic heterocycles. The van der Waals surface area contributed by atoms with Crippen LogP contribution in [0.25, 0.3) is 11.2 Å². The number of methoxy groups -OCH3 is 2. The van der Waals surface area contributed by atoms with Gasteiger partial charge in [0.25, 0.3) is 0 Å². The lowest BCUT2D eigenvalue weighted by Crippen LogP contribution is -2.38. The first-order chi connectivity index (χ1) is 21.7. The molecule has 0 spiro atoms. The van der Waals surface area contributed by atoms with Gasteiger partial charge in [-0.05, 0) is 41.0 Å². The van der Waals surface area contributed by atoms with Crippen molar-refractivity contribution in [1.29, 1.82) is 0 Å². The van der Waals surface area contributed by atoms with Gasteiger partial charge >= 0.3 is 7.68 Å². The van der Waals surface area contributed by atoms with E-state index in [2.05, 4.69) is 15.0 Å². The minimum absolute atomic E-state index is 0.0577.